The molecule has 0 radical (unpaired) electrons. The number of allylic oxidation sites excluding steroid dienone is 1. The number of nitrogens with zero attached hydrogens (tertiary/aromatic N) is 3. The zero-order valence-corrected chi connectivity index (χ0v) is 11.8. The molecule has 17 heavy (non-hydrogen) atoms. The maximum atomic E-state index is 11.4. The van der Waals surface area contributed by atoms with Crippen molar-refractivity contribution in [1.29, 1.82) is 0 Å². The smallest absolute Gasteiger partial charge is 0.323 e. The number of aromatic nitrogens is 2. The summed E-state index contributed by atoms with van der Waals surface area (Å²) >= 11 is 7.21. The Balaban J connectivity index is 2.86. The fourth-order valence-electron chi connectivity index (χ4n) is 0.846. The Kier molecular flexibility index (Phi) is 4.11. The maximum absolute atomic E-state index is 11.4. The van der Waals surface area contributed by atoms with Crippen molar-refractivity contribution < 1.29 is 4.79 Å². The third-order valence-corrected chi connectivity index (χ3v) is 3.89. The van der Waals surface area contributed by atoms with Crippen molar-refractivity contribution in [3.8, 4) is 0 Å². The quantitative estimate of drug-likeness (QED) is 0.922. The summed E-state index contributed by atoms with van der Waals surface area (Å²) in [6.07, 6.45) is 0. The minimum atomic E-state index is -0.458. The lowest BCUT2D eigenvalue weighted by molar-refractivity contribution is 0.230. The van der Waals surface area contributed by atoms with Crippen LogP contribution in [-0.4, -0.2) is 35.2 Å². The lowest BCUT2D eigenvalue weighted by Gasteiger charge is -2.18. The molecule has 0 saturated heterocycles. The van der Waals surface area contributed by atoms with Gasteiger partial charge in [-0.25, -0.2) is 4.79 Å². The van der Waals surface area contributed by atoms with Crippen LogP contribution in [0.4, 0.5) is 9.93 Å². The van der Waals surface area contributed by atoms with Crippen molar-refractivity contribution in [1.82, 2.24) is 15.1 Å². The van der Waals surface area contributed by atoms with E-state index in [2.05, 4.69) is 22.1 Å². The van der Waals surface area contributed by atoms with Crippen LogP contribution >= 0.6 is 22.9 Å². The van der Waals surface area contributed by atoms with E-state index in [-0.39, 0.29) is 6.03 Å². The highest BCUT2D eigenvalue weighted by molar-refractivity contribution is 7.15. The molecule has 0 spiro atoms. The molecule has 0 unspecified atom stereocenters. The van der Waals surface area contributed by atoms with Crippen molar-refractivity contribution in [2.24, 2.45) is 0 Å². The highest BCUT2D eigenvalue weighted by Crippen LogP contribution is 2.35. The van der Waals surface area contributed by atoms with E-state index in [1.807, 2.05) is 13.8 Å². The predicted octanol–water partition coefficient (Wildman–Crippen LogP) is 2.66. The summed E-state index contributed by atoms with van der Waals surface area (Å²) in [7, 11) is 3.31. The number of amides is 2. The number of urea groups is 1. The molecule has 94 valence electrons. The van der Waals surface area contributed by atoms with Crippen LogP contribution in [0.2, 0.25) is 0 Å². The van der Waals surface area contributed by atoms with Crippen LogP contribution < -0.4 is 5.32 Å². The first kappa shape index (κ1) is 13.9. The summed E-state index contributed by atoms with van der Waals surface area (Å²) in [5, 5.41) is 12.2. The first-order valence-electron chi connectivity index (χ1n) is 4.92. The minimum Gasteiger partial charge on any atom is -0.331 e. The minimum absolute atomic E-state index is 0.241. The molecule has 5 nitrogen and oxygen atoms in total. The standard InChI is InChI=1S/C10H15ClN4OS/c1-6(11)10(2,3)7-13-14-8(17-7)12-9(16)15(4)5/h1H2,2-5H3,(H,12,14,16). The summed E-state index contributed by atoms with van der Waals surface area (Å²) in [6.45, 7) is 7.52. The van der Waals surface area contributed by atoms with Crippen molar-refractivity contribution in [3.63, 3.8) is 0 Å². The summed E-state index contributed by atoms with van der Waals surface area (Å²) in [5.74, 6) is 0. The Morgan fingerprint density at radius 2 is 2.06 bits per heavy atom. The number of halogens is 1. The second kappa shape index (κ2) is 5.01. The predicted molar refractivity (Wildman–Crippen MR) is 70.6 cm³/mol. The number of carbonyl (C=O) groups excluding carboxylic acids is 1. The second-order valence-electron chi connectivity index (χ2n) is 4.27. The van der Waals surface area contributed by atoms with Crippen molar-refractivity contribution >= 4 is 34.1 Å². The van der Waals surface area contributed by atoms with E-state index in [0.29, 0.717) is 15.2 Å². The lowest BCUT2D eigenvalue weighted by atomic mass is 9.95. The average Bonchev–Trinajstić information content (AvgIpc) is 2.66. The molecule has 1 N–H and O–H groups in total. The summed E-state index contributed by atoms with van der Waals surface area (Å²) in [6, 6.07) is -0.241. The van der Waals surface area contributed by atoms with Crippen LogP contribution in [0.15, 0.2) is 11.6 Å². The van der Waals surface area contributed by atoms with Crippen molar-refractivity contribution in [2.45, 2.75) is 19.3 Å². The molecule has 0 aromatic carbocycles. The number of anilines is 1. The summed E-state index contributed by atoms with van der Waals surface area (Å²) in [4.78, 5) is 12.8. The third-order valence-electron chi connectivity index (χ3n) is 2.26. The van der Waals surface area contributed by atoms with E-state index in [9.17, 15) is 4.79 Å². The van der Waals surface area contributed by atoms with Gasteiger partial charge in [-0.1, -0.05) is 29.5 Å². The molecule has 0 aliphatic carbocycles. The Morgan fingerprint density at radius 3 is 2.53 bits per heavy atom. The van der Waals surface area contributed by atoms with Gasteiger partial charge in [-0.3, -0.25) is 5.32 Å². The van der Waals surface area contributed by atoms with E-state index in [4.69, 9.17) is 11.6 Å². The molecule has 0 aliphatic heterocycles. The van der Waals surface area contributed by atoms with Gasteiger partial charge in [-0.05, 0) is 13.8 Å². The summed E-state index contributed by atoms with van der Waals surface area (Å²) < 4.78 is 0. The number of hydrogen-bond acceptors (Lipinski definition) is 4. The zero-order valence-electron chi connectivity index (χ0n) is 10.2. The molecular weight excluding hydrogens is 260 g/mol. The van der Waals surface area contributed by atoms with Crippen LogP contribution in [0.5, 0.6) is 0 Å². The normalized spacial score (nSPS) is 11.1. The largest absolute Gasteiger partial charge is 0.331 e. The Morgan fingerprint density at radius 1 is 1.47 bits per heavy atom. The molecule has 0 atom stereocenters. The molecule has 0 bridgehead atoms. The van der Waals surface area contributed by atoms with Crippen LogP contribution in [0, 0.1) is 0 Å². The Labute approximate surface area is 109 Å². The fourth-order valence-corrected chi connectivity index (χ4v) is 1.85. The lowest BCUT2D eigenvalue weighted by Crippen LogP contribution is -2.27. The van der Waals surface area contributed by atoms with Gasteiger partial charge >= 0.3 is 6.03 Å². The first-order valence-corrected chi connectivity index (χ1v) is 6.11. The van der Waals surface area contributed by atoms with Crippen LogP contribution in [0.25, 0.3) is 0 Å². The first-order chi connectivity index (χ1) is 7.75. The van der Waals surface area contributed by atoms with Gasteiger partial charge in [0.25, 0.3) is 0 Å². The molecule has 0 saturated carbocycles. The van der Waals surface area contributed by atoms with E-state index < -0.39 is 5.41 Å². The molecule has 7 heteroatoms. The fraction of sp³-hybridized carbons (Fsp3) is 0.500. The van der Waals surface area contributed by atoms with Crippen LogP contribution in [0.1, 0.15) is 18.9 Å². The van der Waals surface area contributed by atoms with Gasteiger partial charge in [0.1, 0.15) is 5.01 Å². The number of carbonyl (C=O) groups is 1. The van der Waals surface area contributed by atoms with Gasteiger partial charge in [-0.2, -0.15) is 0 Å². The van der Waals surface area contributed by atoms with E-state index in [1.54, 1.807) is 14.1 Å². The SMILES string of the molecule is C=C(Cl)C(C)(C)c1nnc(NC(=O)N(C)C)s1. The molecule has 0 fully saturated rings. The molecule has 1 rings (SSSR count). The van der Waals surface area contributed by atoms with E-state index in [1.165, 1.54) is 16.2 Å². The van der Waals surface area contributed by atoms with E-state index in [0.717, 1.165) is 0 Å². The van der Waals surface area contributed by atoms with E-state index >= 15 is 0 Å². The number of hydrogen-bond donors (Lipinski definition) is 1. The molecule has 0 aliphatic rings. The van der Waals surface area contributed by atoms with Gasteiger partial charge < -0.3 is 4.90 Å². The van der Waals surface area contributed by atoms with Gasteiger partial charge in [0.15, 0.2) is 0 Å². The summed E-state index contributed by atoms with van der Waals surface area (Å²) in [5.41, 5.74) is -0.458. The average molecular weight is 275 g/mol. The zero-order chi connectivity index (χ0) is 13.2. The maximum Gasteiger partial charge on any atom is 0.323 e. The highest BCUT2D eigenvalue weighted by atomic mass is 35.5. The molecule has 2 amide bonds. The monoisotopic (exact) mass is 274 g/mol. The third kappa shape index (κ3) is 3.17. The molecule has 1 aromatic rings. The topological polar surface area (TPSA) is 58.1 Å². The van der Waals surface area contributed by atoms with Gasteiger partial charge in [0.2, 0.25) is 5.13 Å². The highest BCUT2D eigenvalue weighted by Gasteiger charge is 2.28. The van der Waals surface area contributed by atoms with Crippen molar-refractivity contribution in [2.75, 3.05) is 19.4 Å². The van der Waals surface area contributed by atoms with Crippen molar-refractivity contribution in [3.05, 3.63) is 16.6 Å². The van der Waals surface area contributed by atoms with Gasteiger partial charge in [0, 0.05) is 19.1 Å². The van der Waals surface area contributed by atoms with Gasteiger partial charge in [-0.15, -0.1) is 10.2 Å². The van der Waals surface area contributed by atoms with Crippen LogP contribution in [0.3, 0.4) is 0 Å². The Hall–Kier alpha value is -1.14. The molecule has 1 heterocycles. The molecule has 1 aromatic heterocycles. The number of rotatable bonds is 3. The van der Waals surface area contributed by atoms with Crippen LogP contribution in [-0.2, 0) is 5.41 Å². The Bertz CT molecular complexity index is 441. The second-order valence-corrected chi connectivity index (χ2v) is 5.70. The molecular formula is C10H15ClN4OS. The number of nitrogens with one attached hydrogen (secondary N) is 1. The van der Waals surface area contributed by atoms with Gasteiger partial charge in [0.05, 0.1) is 5.41 Å².